The lowest BCUT2D eigenvalue weighted by molar-refractivity contribution is -0.136. The van der Waals surface area contributed by atoms with Gasteiger partial charge in [0.1, 0.15) is 6.04 Å². The fraction of sp³-hybridized carbons (Fsp3) is 0.238. The molecule has 1 unspecified atom stereocenters. The van der Waals surface area contributed by atoms with E-state index in [4.69, 9.17) is 5.73 Å². The average Bonchev–Trinajstić information content (AvgIpc) is 2.97. The summed E-state index contributed by atoms with van der Waals surface area (Å²) in [5.41, 5.74) is 8.94. The van der Waals surface area contributed by atoms with Gasteiger partial charge in [0.25, 0.3) is 11.8 Å². The zero-order chi connectivity index (χ0) is 20.5. The molecule has 0 radical (unpaired) electrons. The third-order valence-electron chi connectivity index (χ3n) is 5.16. The maximum absolute atomic E-state index is 12.8. The van der Waals surface area contributed by atoms with Gasteiger partial charge in [0.2, 0.25) is 11.8 Å². The van der Waals surface area contributed by atoms with Crippen molar-refractivity contribution < 1.29 is 19.2 Å². The van der Waals surface area contributed by atoms with Crippen LogP contribution in [0.5, 0.6) is 0 Å². The molecule has 148 valence electrons. The molecule has 2 aromatic carbocycles. The molecule has 1 fully saturated rings. The summed E-state index contributed by atoms with van der Waals surface area (Å²) in [7, 11) is 0. The molecule has 2 aliphatic heterocycles. The lowest BCUT2D eigenvalue weighted by Gasteiger charge is -2.27. The number of benzene rings is 2. The Kier molecular flexibility index (Phi) is 4.85. The Morgan fingerprint density at radius 1 is 1.00 bits per heavy atom. The minimum atomic E-state index is -0.958. The third-order valence-corrected chi connectivity index (χ3v) is 5.16. The zero-order valence-corrected chi connectivity index (χ0v) is 15.6. The van der Waals surface area contributed by atoms with Crippen LogP contribution >= 0.6 is 0 Å². The van der Waals surface area contributed by atoms with Gasteiger partial charge in [0.05, 0.1) is 11.1 Å². The van der Waals surface area contributed by atoms with Gasteiger partial charge in [-0.2, -0.15) is 0 Å². The van der Waals surface area contributed by atoms with Gasteiger partial charge in [-0.3, -0.25) is 29.4 Å². The molecule has 8 nitrogen and oxygen atoms in total. The van der Waals surface area contributed by atoms with Crippen molar-refractivity contribution in [2.24, 2.45) is 5.73 Å². The van der Waals surface area contributed by atoms with E-state index in [0.29, 0.717) is 13.1 Å². The molecule has 4 amide bonds. The number of nitrogens with one attached hydrogen (secondary N) is 2. The first-order chi connectivity index (χ1) is 14.0. The first kappa shape index (κ1) is 18.8. The molecule has 0 aromatic heterocycles. The number of carbonyl (C=O) groups is 4. The van der Waals surface area contributed by atoms with Gasteiger partial charge in [0, 0.05) is 25.2 Å². The van der Waals surface area contributed by atoms with E-state index in [0.717, 1.165) is 21.7 Å². The molecule has 2 aliphatic rings. The van der Waals surface area contributed by atoms with Crippen molar-refractivity contribution in [3.63, 3.8) is 0 Å². The molecule has 0 saturated carbocycles. The maximum atomic E-state index is 12.8. The number of hydrogen-bond acceptors (Lipinski definition) is 6. The van der Waals surface area contributed by atoms with Gasteiger partial charge in [-0.25, -0.2) is 0 Å². The van der Waals surface area contributed by atoms with Crippen LogP contribution in [0, 0.1) is 0 Å². The molecule has 0 aliphatic carbocycles. The molecule has 29 heavy (non-hydrogen) atoms. The summed E-state index contributed by atoms with van der Waals surface area (Å²) in [6, 6.07) is 11.8. The van der Waals surface area contributed by atoms with Crippen LogP contribution in [0.15, 0.2) is 42.5 Å². The minimum absolute atomic E-state index is 0.0981. The molecular formula is C21H20N4O4. The number of imide groups is 2. The predicted octanol–water partition coefficient (Wildman–Crippen LogP) is 1.16. The van der Waals surface area contributed by atoms with Crippen LogP contribution in [0.2, 0.25) is 0 Å². The molecule has 4 N–H and O–H groups in total. The number of piperidine rings is 1. The van der Waals surface area contributed by atoms with Crippen LogP contribution in [0.3, 0.4) is 0 Å². The molecule has 2 heterocycles. The van der Waals surface area contributed by atoms with E-state index in [9.17, 15) is 19.2 Å². The van der Waals surface area contributed by atoms with Crippen LogP contribution in [0.25, 0.3) is 0 Å². The van der Waals surface area contributed by atoms with E-state index >= 15 is 0 Å². The Bertz CT molecular complexity index is 1030. The Balaban J connectivity index is 1.52. The summed E-state index contributed by atoms with van der Waals surface area (Å²) < 4.78 is 0. The molecule has 1 atom stereocenters. The third kappa shape index (κ3) is 3.50. The predicted molar refractivity (Wildman–Crippen MR) is 105 cm³/mol. The maximum Gasteiger partial charge on any atom is 0.262 e. The number of nitrogens with zero attached hydrogens (tertiary/aromatic N) is 1. The number of hydrogen-bond donors (Lipinski definition) is 3. The summed E-state index contributed by atoms with van der Waals surface area (Å²) in [6.07, 6.45) is 0.239. The summed E-state index contributed by atoms with van der Waals surface area (Å²) >= 11 is 0. The summed E-state index contributed by atoms with van der Waals surface area (Å²) in [6.45, 7) is 0.905. The smallest absolute Gasteiger partial charge is 0.262 e. The SMILES string of the molecule is NCc1cccc(NCc2ccc3c(c2)C(=O)N(C2CCC(=O)NC2=O)C3=O)c1. The molecule has 4 rings (SSSR count). The van der Waals surface area contributed by atoms with Crippen molar-refractivity contribution >= 4 is 29.3 Å². The summed E-state index contributed by atoms with van der Waals surface area (Å²) in [5, 5.41) is 5.46. The van der Waals surface area contributed by atoms with Crippen molar-refractivity contribution in [2.45, 2.75) is 32.0 Å². The van der Waals surface area contributed by atoms with Crippen LogP contribution < -0.4 is 16.4 Å². The van der Waals surface area contributed by atoms with E-state index in [2.05, 4.69) is 10.6 Å². The minimum Gasteiger partial charge on any atom is -0.381 e. The summed E-state index contributed by atoms with van der Waals surface area (Å²) in [4.78, 5) is 50.0. The quantitative estimate of drug-likeness (QED) is 0.657. The van der Waals surface area contributed by atoms with E-state index in [-0.39, 0.29) is 24.0 Å². The van der Waals surface area contributed by atoms with Gasteiger partial charge >= 0.3 is 0 Å². The Morgan fingerprint density at radius 3 is 2.55 bits per heavy atom. The lowest BCUT2D eigenvalue weighted by Crippen LogP contribution is -2.54. The van der Waals surface area contributed by atoms with Crippen molar-refractivity contribution in [2.75, 3.05) is 5.32 Å². The first-order valence-electron chi connectivity index (χ1n) is 9.35. The molecule has 2 aromatic rings. The highest BCUT2D eigenvalue weighted by Crippen LogP contribution is 2.28. The Hall–Kier alpha value is -3.52. The molecular weight excluding hydrogens is 372 g/mol. The second-order valence-electron chi connectivity index (χ2n) is 7.09. The fourth-order valence-electron chi connectivity index (χ4n) is 3.64. The standard InChI is InChI=1S/C21H20N4O4/c22-10-12-2-1-3-14(8-12)23-11-13-4-5-15-16(9-13)21(29)25(20(15)28)17-6-7-18(26)24-19(17)27/h1-5,8-9,17,23H,6-7,10-11,22H2,(H,24,26,27). The van der Waals surface area contributed by atoms with E-state index < -0.39 is 29.7 Å². The topological polar surface area (TPSA) is 122 Å². The summed E-state index contributed by atoms with van der Waals surface area (Å²) in [5.74, 6) is -2.02. The largest absolute Gasteiger partial charge is 0.381 e. The van der Waals surface area contributed by atoms with E-state index in [1.54, 1.807) is 18.2 Å². The van der Waals surface area contributed by atoms with Crippen molar-refractivity contribution in [1.29, 1.82) is 0 Å². The van der Waals surface area contributed by atoms with Gasteiger partial charge < -0.3 is 11.1 Å². The highest BCUT2D eigenvalue weighted by atomic mass is 16.2. The van der Waals surface area contributed by atoms with Gasteiger partial charge in [0.15, 0.2) is 0 Å². The van der Waals surface area contributed by atoms with Crippen LogP contribution in [0.4, 0.5) is 5.69 Å². The number of nitrogens with two attached hydrogens (primary N) is 1. The van der Waals surface area contributed by atoms with Gasteiger partial charge in [-0.05, 0) is 41.8 Å². The van der Waals surface area contributed by atoms with Crippen molar-refractivity contribution in [3.8, 4) is 0 Å². The number of carbonyl (C=O) groups excluding carboxylic acids is 4. The Morgan fingerprint density at radius 2 is 1.79 bits per heavy atom. The second kappa shape index (κ2) is 7.48. The molecule has 0 spiro atoms. The highest BCUT2D eigenvalue weighted by Gasteiger charge is 2.44. The van der Waals surface area contributed by atoms with Gasteiger partial charge in [-0.15, -0.1) is 0 Å². The van der Waals surface area contributed by atoms with Gasteiger partial charge in [-0.1, -0.05) is 18.2 Å². The van der Waals surface area contributed by atoms with Crippen molar-refractivity contribution in [3.05, 3.63) is 64.7 Å². The highest BCUT2D eigenvalue weighted by molar-refractivity contribution is 6.23. The Labute approximate surface area is 167 Å². The average molecular weight is 392 g/mol. The number of amides is 4. The normalized spacial score (nSPS) is 18.7. The zero-order valence-electron chi connectivity index (χ0n) is 15.6. The lowest BCUT2D eigenvalue weighted by atomic mass is 10.0. The first-order valence-corrected chi connectivity index (χ1v) is 9.35. The van der Waals surface area contributed by atoms with E-state index in [1.807, 2.05) is 24.3 Å². The number of anilines is 1. The molecule has 1 saturated heterocycles. The molecule has 8 heteroatoms. The fourth-order valence-corrected chi connectivity index (χ4v) is 3.64. The van der Waals surface area contributed by atoms with Crippen LogP contribution in [-0.2, 0) is 22.7 Å². The molecule has 0 bridgehead atoms. The second-order valence-corrected chi connectivity index (χ2v) is 7.09. The van der Waals surface area contributed by atoms with E-state index in [1.165, 1.54) is 0 Å². The van der Waals surface area contributed by atoms with Crippen LogP contribution in [0.1, 0.15) is 44.7 Å². The van der Waals surface area contributed by atoms with Crippen molar-refractivity contribution in [1.82, 2.24) is 10.2 Å². The number of fused-ring (bicyclic) bond motifs is 1. The number of rotatable bonds is 5. The van der Waals surface area contributed by atoms with Crippen LogP contribution in [-0.4, -0.2) is 34.6 Å². The monoisotopic (exact) mass is 392 g/mol.